The van der Waals surface area contributed by atoms with Crippen LogP contribution in [0.25, 0.3) is 0 Å². The van der Waals surface area contributed by atoms with Gasteiger partial charge in [-0.1, -0.05) is 51.1 Å². The Bertz CT molecular complexity index is 486. The predicted octanol–water partition coefficient (Wildman–Crippen LogP) is 2.49. The fraction of sp³-hybridized carbons (Fsp3) is 0.625. The van der Waals surface area contributed by atoms with Crippen LogP contribution in [-0.4, -0.2) is 33.3 Å². The summed E-state index contributed by atoms with van der Waals surface area (Å²) in [5.74, 6) is 0.545. The van der Waals surface area contributed by atoms with Crippen molar-refractivity contribution in [1.29, 1.82) is 0 Å². The van der Waals surface area contributed by atoms with Gasteiger partial charge >= 0.3 is 0 Å². The van der Waals surface area contributed by atoms with Gasteiger partial charge in [-0.25, -0.2) is 13.1 Å². The predicted molar refractivity (Wildman–Crippen MR) is 89.0 cm³/mol. The monoisotopic (exact) mass is 312 g/mol. The second-order valence-corrected chi connectivity index (χ2v) is 7.70. The summed E-state index contributed by atoms with van der Waals surface area (Å²) in [4.78, 5) is 0. The van der Waals surface area contributed by atoms with Crippen LogP contribution in [0.4, 0.5) is 0 Å². The van der Waals surface area contributed by atoms with Crippen molar-refractivity contribution in [2.24, 2.45) is 0 Å². The van der Waals surface area contributed by atoms with Crippen LogP contribution < -0.4 is 10.0 Å². The summed E-state index contributed by atoms with van der Waals surface area (Å²) in [5.41, 5.74) is 1.25. The number of rotatable bonds is 10. The Morgan fingerprint density at radius 1 is 1.05 bits per heavy atom. The highest BCUT2D eigenvalue weighted by Crippen LogP contribution is 2.17. The van der Waals surface area contributed by atoms with E-state index in [2.05, 4.69) is 42.9 Å². The quantitative estimate of drug-likeness (QED) is 0.653. The van der Waals surface area contributed by atoms with Crippen molar-refractivity contribution in [2.75, 3.05) is 18.8 Å². The Morgan fingerprint density at radius 3 is 2.33 bits per heavy atom. The Morgan fingerprint density at radius 2 is 1.71 bits per heavy atom. The molecule has 0 aliphatic heterocycles. The molecule has 0 radical (unpaired) electrons. The Hall–Kier alpha value is -0.910. The molecule has 1 atom stereocenters. The van der Waals surface area contributed by atoms with E-state index in [1.54, 1.807) is 0 Å². The molecule has 1 unspecified atom stereocenters. The van der Waals surface area contributed by atoms with Crippen molar-refractivity contribution < 1.29 is 8.42 Å². The third kappa shape index (κ3) is 8.19. The fourth-order valence-corrected chi connectivity index (χ4v) is 3.20. The lowest BCUT2D eigenvalue weighted by Gasteiger charge is -2.13. The standard InChI is InChI=1S/C16H28N2O2S/c1-14(2)17-11-7-13-21(19,20)18-12-10-15(3)16-8-5-4-6-9-16/h4-6,8-9,14-15,17-18H,7,10-13H2,1-3H3. The Labute approximate surface area is 129 Å². The molecule has 5 heteroatoms. The number of benzene rings is 1. The van der Waals surface area contributed by atoms with Crippen LogP contribution in [0.5, 0.6) is 0 Å². The van der Waals surface area contributed by atoms with Gasteiger partial charge < -0.3 is 5.32 Å². The molecule has 0 saturated carbocycles. The minimum absolute atomic E-state index is 0.187. The summed E-state index contributed by atoms with van der Waals surface area (Å²) < 4.78 is 26.4. The molecule has 0 bridgehead atoms. The second-order valence-electron chi connectivity index (χ2n) is 5.78. The summed E-state index contributed by atoms with van der Waals surface area (Å²) in [6, 6.07) is 10.6. The van der Waals surface area contributed by atoms with E-state index in [1.165, 1.54) is 5.56 Å². The third-order valence-corrected chi connectivity index (χ3v) is 4.88. The van der Waals surface area contributed by atoms with E-state index in [0.29, 0.717) is 24.9 Å². The van der Waals surface area contributed by atoms with E-state index < -0.39 is 10.0 Å². The minimum atomic E-state index is -3.15. The van der Waals surface area contributed by atoms with Gasteiger partial charge in [0.05, 0.1) is 5.75 Å². The average Bonchev–Trinajstić information content (AvgIpc) is 2.44. The van der Waals surface area contributed by atoms with Crippen LogP contribution >= 0.6 is 0 Å². The van der Waals surface area contributed by atoms with Crippen molar-refractivity contribution in [2.45, 2.75) is 45.6 Å². The number of hydrogen-bond donors (Lipinski definition) is 2. The highest BCUT2D eigenvalue weighted by atomic mass is 32.2. The van der Waals surface area contributed by atoms with E-state index in [9.17, 15) is 8.42 Å². The molecule has 1 aromatic rings. The normalized spacial score (nSPS) is 13.5. The van der Waals surface area contributed by atoms with Crippen molar-refractivity contribution in [3.8, 4) is 0 Å². The zero-order valence-electron chi connectivity index (χ0n) is 13.3. The molecule has 0 fully saturated rings. The molecular weight excluding hydrogens is 284 g/mol. The molecule has 21 heavy (non-hydrogen) atoms. The zero-order valence-corrected chi connectivity index (χ0v) is 14.1. The first kappa shape index (κ1) is 18.1. The topological polar surface area (TPSA) is 58.2 Å². The molecule has 0 spiro atoms. The molecule has 0 saturated heterocycles. The smallest absolute Gasteiger partial charge is 0.211 e. The van der Waals surface area contributed by atoms with Crippen LogP contribution in [-0.2, 0) is 10.0 Å². The largest absolute Gasteiger partial charge is 0.314 e. The van der Waals surface area contributed by atoms with Gasteiger partial charge in [-0.3, -0.25) is 0 Å². The maximum absolute atomic E-state index is 11.9. The molecule has 1 aromatic carbocycles. The lowest BCUT2D eigenvalue weighted by atomic mass is 9.98. The number of sulfonamides is 1. The molecule has 2 N–H and O–H groups in total. The SMILES string of the molecule is CC(C)NCCCS(=O)(=O)NCCC(C)c1ccccc1. The van der Waals surface area contributed by atoms with Gasteiger partial charge in [-0.15, -0.1) is 0 Å². The van der Waals surface area contributed by atoms with Crippen molar-refractivity contribution in [1.82, 2.24) is 10.0 Å². The van der Waals surface area contributed by atoms with Crippen LogP contribution in [0.3, 0.4) is 0 Å². The maximum atomic E-state index is 11.9. The molecule has 0 heterocycles. The summed E-state index contributed by atoms with van der Waals surface area (Å²) in [6.07, 6.45) is 1.45. The van der Waals surface area contributed by atoms with Crippen molar-refractivity contribution in [3.63, 3.8) is 0 Å². The van der Waals surface area contributed by atoms with E-state index >= 15 is 0 Å². The van der Waals surface area contributed by atoms with Gasteiger partial charge in [0.15, 0.2) is 0 Å². The number of hydrogen-bond acceptors (Lipinski definition) is 3. The second kappa shape index (κ2) is 9.18. The molecule has 4 nitrogen and oxygen atoms in total. The van der Waals surface area contributed by atoms with Gasteiger partial charge in [-0.2, -0.15) is 0 Å². The average molecular weight is 312 g/mol. The van der Waals surface area contributed by atoms with Crippen LogP contribution in [0.2, 0.25) is 0 Å². The van der Waals surface area contributed by atoms with E-state index in [1.807, 2.05) is 18.2 Å². The van der Waals surface area contributed by atoms with Crippen LogP contribution in [0, 0.1) is 0 Å². The first-order valence-electron chi connectivity index (χ1n) is 7.66. The molecule has 0 aliphatic rings. The first-order valence-corrected chi connectivity index (χ1v) is 9.31. The van der Waals surface area contributed by atoms with Crippen molar-refractivity contribution >= 4 is 10.0 Å². The van der Waals surface area contributed by atoms with Crippen molar-refractivity contribution in [3.05, 3.63) is 35.9 Å². The lowest BCUT2D eigenvalue weighted by Crippen LogP contribution is -2.31. The summed E-state index contributed by atoms with van der Waals surface area (Å²) in [5, 5.41) is 3.22. The van der Waals surface area contributed by atoms with Gasteiger partial charge in [0, 0.05) is 12.6 Å². The Balaban J connectivity index is 2.24. The molecule has 1 rings (SSSR count). The van der Waals surface area contributed by atoms with E-state index in [4.69, 9.17) is 0 Å². The molecule has 0 amide bonds. The lowest BCUT2D eigenvalue weighted by molar-refractivity contribution is 0.556. The Kier molecular flexibility index (Phi) is 7.93. The molecule has 0 aromatic heterocycles. The van der Waals surface area contributed by atoms with Crippen LogP contribution in [0.15, 0.2) is 30.3 Å². The fourth-order valence-electron chi connectivity index (χ4n) is 2.10. The molecular formula is C16H28N2O2S. The minimum Gasteiger partial charge on any atom is -0.314 e. The summed E-state index contributed by atoms with van der Waals surface area (Å²) in [6.45, 7) is 7.46. The van der Waals surface area contributed by atoms with Gasteiger partial charge in [0.1, 0.15) is 0 Å². The summed E-state index contributed by atoms with van der Waals surface area (Å²) in [7, 11) is -3.15. The van der Waals surface area contributed by atoms with Crippen LogP contribution in [0.1, 0.15) is 45.1 Å². The highest BCUT2D eigenvalue weighted by molar-refractivity contribution is 7.89. The first-order chi connectivity index (χ1) is 9.91. The maximum Gasteiger partial charge on any atom is 0.211 e. The highest BCUT2D eigenvalue weighted by Gasteiger charge is 2.11. The van der Waals surface area contributed by atoms with E-state index in [0.717, 1.165) is 13.0 Å². The summed E-state index contributed by atoms with van der Waals surface area (Å²) >= 11 is 0. The van der Waals surface area contributed by atoms with E-state index in [-0.39, 0.29) is 5.75 Å². The van der Waals surface area contributed by atoms with Gasteiger partial charge in [0.25, 0.3) is 0 Å². The molecule has 0 aliphatic carbocycles. The number of nitrogens with one attached hydrogen (secondary N) is 2. The molecule has 120 valence electrons. The van der Waals surface area contributed by atoms with Gasteiger partial charge in [-0.05, 0) is 30.9 Å². The zero-order chi connectivity index (χ0) is 15.7. The van der Waals surface area contributed by atoms with Gasteiger partial charge in [0.2, 0.25) is 10.0 Å². The third-order valence-electron chi connectivity index (χ3n) is 3.41.